The highest BCUT2D eigenvalue weighted by atomic mass is 32.2. The van der Waals surface area contributed by atoms with Crippen molar-refractivity contribution in [1.29, 1.82) is 0 Å². The molecule has 0 heterocycles. The largest absolute Gasteiger partial charge is 0.352 e. The lowest BCUT2D eigenvalue weighted by atomic mass is 10.1. The Labute approximate surface area is 209 Å². The molecule has 0 saturated heterocycles. The fourth-order valence-electron chi connectivity index (χ4n) is 4.65. The predicted octanol–water partition coefficient (Wildman–Crippen LogP) is 3.94. The molecule has 0 aliphatic heterocycles. The summed E-state index contributed by atoms with van der Waals surface area (Å²) >= 11 is 0. The van der Waals surface area contributed by atoms with Crippen LogP contribution in [0.2, 0.25) is 0 Å². The molecule has 2 aromatic carbocycles. The SMILES string of the molecule is CCC(C(=O)NC1CCCC1)N(Cc1ccccc1)C(=O)CN(c1cc(C)ccc1C)S(C)(=O)=O. The molecule has 1 saturated carbocycles. The van der Waals surface area contributed by atoms with Gasteiger partial charge >= 0.3 is 0 Å². The zero-order valence-electron chi connectivity index (χ0n) is 21.2. The van der Waals surface area contributed by atoms with Gasteiger partial charge in [0, 0.05) is 12.6 Å². The van der Waals surface area contributed by atoms with E-state index in [4.69, 9.17) is 0 Å². The molecular weight excluding hydrogens is 462 g/mol. The summed E-state index contributed by atoms with van der Waals surface area (Å²) in [4.78, 5) is 28.6. The standard InChI is InChI=1S/C27H37N3O4S/c1-5-24(27(32)28-23-13-9-10-14-23)29(18-22-11-7-6-8-12-22)26(31)19-30(35(4,33)34)25-17-20(2)15-16-21(25)3/h6-8,11-12,15-17,23-24H,5,9-10,13-14,18-19H2,1-4H3,(H,28,32). The molecule has 1 atom stereocenters. The lowest BCUT2D eigenvalue weighted by Crippen LogP contribution is -2.53. The van der Waals surface area contributed by atoms with E-state index in [1.54, 1.807) is 6.07 Å². The van der Waals surface area contributed by atoms with Gasteiger partial charge in [0.15, 0.2) is 0 Å². The van der Waals surface area contributed by atoms with E-state index in [0.717, 1.165) is 52.9 Å². The maximum atomic E-state index is 13.8. The van der Waals surface area contributed by atoms with E-state index in [0.29, 0.717) is 12.1 Å². The Morgan fingerprint density at radius 3 is 2.31 bits per heavy atom. The first-order valence-electron chi connectivity index (χ1n) is 12.3. The van der Waals surface area contributed by atoms with E-state index in [-0.39, 0.29) is 25.0 Å². The van der Waals surface area contributed by atoms with Crippen molar-refractivity contribution < 1.29 is 18.0 Å². The summed E-state index contributed by atoms with van der Waals surface area (Å²) < 4.78 is 26.7. The molecule has 2 aromatic rings. The molecule has 1 fully saturated rings. The molecule has 1 N–H and O–H groups in total. The van der Waals surface area contributed by atoms with Gasteiger partial charge in [-0.05, 0) is 55.9 Å². The third-order valence-corrected chi connectivity index (χ3v) is 7.72. The number of aryl methyl sites for hydroxylation is 2. The molecule has 0 bridgehead atoms. The number of hydrogen-bond donors (Lipinski definition) is 1. The van der Waals surface area contributed by atoms with Crippen LogP contribution >= 0.6 is 0 Å². The molecule has 0 radical (unpaired) electrons. The van der Waals surface area contributed by atoms with Crippen LogP contribution in [0, 0.1) is 13.8 Å². The van der Waals surface area contributed by atoms with Gasteiger partial charge < -0.3 is 10.2 Å². The van der Waals surface area contributed by atoms with Gasteiger partial charge in [-0.3, -0.25) is 13.9 Å². The topological polar surface area (TPSA) is 86.8 Å². The quantitative estimate of drug-likeness (QED) is 0.537. The second-order valence-electron chi connectivity index (χ2n) is 9.48. The summed E-state index contributed by atoms with van der Waals surface area (Å²) in [5.41, 5.74) is 3.01. The number of benzene rings is 2. The number of nitrogens with one attached hydrogen (secondary N) is 1. The van der Waals surface area contributed by atoms with Crippen LogP contribution in [0.1, 0.15) is 55.7 Å². The highest BCUT2D eigenvalue weighted by Crippen LogP contribution is 2.25. The van der Waals surface area contributed by atoms with Crippen LogP contribution in [0.5, 0.6) is 0 Å². The van der Waals surface area contributed by atoms with E-state index >= 15 is 0 Å². The van der Waals surface area contributed by atoms with Gasteiger partial charge in [0.1, 0.15) is 12.6 Å². The van der Waals surface area contributed by atoms with Gasteiger partial charge in [-0.25, -0.2) is 8.42 Å². The van der Waals surface area contributed by atoms with Gasteiger partial charge in [0.25, 0.3) is 0 Å². The molecule has 35 heavy (non-hydrogen) atoms. The molecule has 0 spiro atoms. The van der Waals surface area contributed by atoms with Crippen molar-refractivity contribution in [3.63, 3.8) is 0 Å². The van der Waals surface area contributed by atoms with Crippen molar-refractivity contribution in [3.8, 4) is 0 Å². The zero-order chi connectivity index (χ0) is 25.6. The number of nitrogens with zero attached hydrogens (tertiary/aromatic N) is 2. The van der Waals surface area contributed by atoms with Crippen molar-refractivity contribution in [3.05, 3.63) is 65.2 Å². The summed E-state index contributed by atoms with van der Waals surface area (Å²) in [6.07, 6.45) is 5.61. The van der Waals surface area contributed by atoms with E-state index in [1.807, 2.05) is 63.2 Å². The van der Waals surface area contributed by atoms with Crippen LogP contribution in [-0.2, 0) is 26.2 Å². The first-order valence-corrected chi connectivity index (χ1v) is 14.1. The minimum Gasteiger partial charge on any atom is -0.352 e. The molecule has 1 aliphatic carbocycles. The number of amides is 2. The van der Waals surface area contributed by atoms with Gasteiger partial charge in [-0.15, -0.1) is 0 Å². The molecule has 3 rings (SSSR count). The number of hydrogen-bond acceptors (Lipinski definition) is 4. The van der Waals surface area contributed by atoms with E-state index in [9.17, 15) is 18.0 Å². The lowest BCUT2D eigenvalue weighted by molar-refractivity contribution is -0.140. The minimum absolute atomic E-state index is 0.132. The molecule has 0 aromatic heterocycles. The van der Waals surface area contributed by atoms with Crippen molar-refractivity contribution in [1.82, 2.24) is 10.2 Å². The monoisotopic (exact) mass is 499 g/mol. The Balaban J connectivity index is 1.93. The normalized spacial score (nSPS) is 15.0. The first-order chi connectivity index (χ1) is 16.6. The van der Waals surface area contributed by atoms with Crippen LogP contribution in [0.3, 0.4) is 0 Å². The minimum atomic E-state index is -3.74. The second-order valence-corrected chi connectivity index (χ2v) is 11.4. The smallest absolute Gasteiger partial charge is 0.244 e. The van der Waals surface area contributed by atoms with Gasteiger partial charge in [-0.1, -0.05) is 62.2 Å². The summed E-state index contributed by atoms with van der Waals surface area (Å²) in [5, 5.41) is 3.12. The van der Waals surface area contributed by atoms with Crippen LogP contribution in [0.15, 0.2) is 48.5 Å². The molecule has 1 aliphatic rings. The van der Waals surface area contributed by atoms with E-state index in [1.165, 1.54) is 4.90 Å². The van der Waals surface area contributed by atoms with Crippen LogP contribution in [0.25, 0.3) is 0 Å². The highest BCUT2D eigenvalue weighted by Gasteiger charge is 2.33. The molecule has 190 valence electrons. The number of carbonyl (C=O) groups excluding carboxylic acids is 2. The number of carbonyl (C=O) groups is 2. The molecule has 1 unspecified atom stereocenters. The average Bonchev–Trinajstić information content (AvgIpc) is 3.32. The van der Waals surface area contributed by atoms with Crippen molar-refractivity contribution in [2.24, 2.45) is 0 Å². The average molecular weight is 500 g/mol. The Hall–Kier alpha value is -2.87. The van der Waals surface area contributed by atoms with Gasteiger partial charge in [0.2, 0.25) is 21.8 Å². The predicted molar refractivity (Wildman–Crippen MR) is 140 cm³/mol. The van der Waals surface area contributed by atoms with E-state index < -0.39 is 22.0 Å². The summed E-state index contributed by atoms with van der Waals surface area (Å²) in [5.74, 6) is -0.588. The number of sulfonamides is 1. The Morgan fingerprint density at radius 2 is 1.71 bits per heavy atom. The van der Waals surface area contributed by atoms with Crippen LogP contribution in [-0.4, -0.2) is 50.0 Å². The summed E-state index contributed by atoms with van der Waals surface area (Å²) in [6, 6.07) is 14.4. The summed E-state index contributed by atoms with van der Waals surface area (Å²) in [6.45, 7) is 5.43. The first kappa shape index (κ1) is 26.7. The van der Waals surface area contributed by atoms with Gasteiger partial charge in [-0.2, -0.15) is 0 Å². The Morgan fingerprint density at radius 1 is 1.06 bits per heavy atom. The summed E-state index contributed by atoms with van der Waals surface area (Å²) in [7, 11) is -3.74. The van der Waals surface area contributed by atoms with E-state index in [2.05, 4.69) is 5.32 Å². The van der Waals surface area contributed by atoms with Crippen molar-refractivity contribution >= 4 is 27.5 Å². The molecule has 7 nitrogen and oxygen atoms in total. The third-order valence-electron chi connectivity index (χ3n) is 6.60. The number of rotatable bonds is 10. The zero-order valence-corrected chi connectivity index (χ0v) is 22.0. The molecule has 8 heteroatoms. The fraction of sp³-hybridized carbons (Fsp3) is 0.481. The Kier molecular flexibility index (Phi) is 8.94. The van der Waals surface area contributed by atoms with Crippen molar-refractivity contribution in [2.45, 2.75) is 71.5 Å². The lowest BCUT2D eigenvalue weighted by Gasteiger charge is -2.33. The third kappa shape index (κ3) is 7.07. The molecule has 2 amide bonds. The fourth-order valence-corrected chi connectivity index (χ4v) is 5.55. The van der Waals surface area contributed by atoms with Gasteiger partial charge in [0.05, 0.1) is 11.9 Å². The molecular formula is C27H37N3O4S. The number of anilines is 1. The maximum Gasteiger partial charge on any atom is 0.244 e. The van der Waals surface area contributed by atoms with Crippen LogP contribution in [0.4, 0.5) is 5.69 Å². The second kappa shape index (κ2) is 11.7. The highest BCUT2D eigenvalue weighted by molar-refractivity contribution is 7.92. The Bertz CT molecular complexity index is 1130. The van der Waals surface area contributed by atoms with Crippen LogP contribution < -0.4 is 9.62 Å². The maximum absolute atomic E-state index is 13.8. The van der Waals surface area contributed by atoms with Crippen molar-refractivity contribution in [2.75, 3.05) is 17.1 Å².